The highest BCUT2D eigenvalue weighted by molar-refractivity contribution is 7.98. The molecule has 1 amide bonds. The van der Waals surface area contributed by atoms with E-state index < -0.39 is 0 Å². The molecule has 1 aromatic carbocycles. The number of anilines is 1. The summed E-state index contributed by atoms with van der Waals surface area (Å²) >= 11 is 1.73. The molecule has 1 rings (SSSR count). The number of amides is 1. The average molecular weight is 238 g/mol. The van der Waals surface area contributed by atoms with E-state index >= 15 is 0 Å². The highest BCUT2D eigenvalue weighted by atomic mass is 32.2. The normalized spacial score (nSPS) is 12.1. The van der Waals surface area contributed by atoms with Gasteiger partial charge in [-0.2, -0.15) is 11.8 Å². The van der Waals surface area contributed by atoms with Crippen LogP contribution in [0.4, 0.5) is 5.69 Å². The second-order valence-corrected chi connectivity index (χ2v) is 4.76. The quantitative estimate of drug-likeness (QED) is 0.767. The highest BCUT2D eigenvalue weighted by Crippen LogP contribution is 2.07. The Hall–Kier alpha value is -1.16. The third-order valence-electron chi connectivity index (χ3n) is 2.14. The van der Waals surface area contributed by atoms with Crippen LogP contribution in [0.3, 0.4) is 0 Å². The minimum Gasteiger partial charge on any atom is -0.399 e. The zero-order valence-electron chi connectivity index (χ0n) is 9.69. The summed E-state index contributed by atoms with van der Waals surface area (Å²) in [6.45, 7) is 2.01. The molecule has 4 heteroatoms. The average Bonchev–Trinajstić information content (AvgIpc) is 2.17. The van der Waals surface area contributed by atoms with Crippen LogP contribution in [0.5, 0.6) is 0 Å². The number of benzene rings is 1. The first kappa shape index (κ1) is 12.9. The van der Waals surface area contributed by atoms with Gasteiger partial charge < -0.3 is 11.1 Å². The number of nitrogens with one attached hydrogen (secondary N) is 1. The van der Waals surface area contributed by atoms with Gasteiger partial charge in [-0.1, -0.05) is 12.1 Å². The van der Waals surface area contributed by atoms with Crippen LogP contribution < -0.4 is 11.1 Å². The molecule has 0 aliphatic carbocycles. The van der Waals surface area contributed by atoms with E-state index in [0.717, 1.165) is 11.3 Å². The lowest BCUT2D eigenvalue weighted by Crippen LogP contribution is -2.35. The number of carbonyl (C=O) groups is 1. The third-order valence-corrected chi connectivity index (χ3v) is 2.97. The summed E-state index contributed by atoms with van der Waals surface area (Å²) in [7, 11) is 0. The lowest BCUT2D eigenvalue weighted by molar-refractivity contribution is -0.120. The van der Waals surface area contributed by atoms with Crippen molar-refractivity contribution in [3.63, 3.8) is 0 Å². The van der Waals surface area contributed by atoms with Crippen LogP contribution in [0.2, 0.25) is 0 Å². The topological polar surface area (TPSA) is 55.1 Å². The van der Waals surface area contributed by atoms with Crippen molar-refractivity contribution in [2.45, 2.75) is 19.4 Å². The van der Waals surface area contributed by atoms with Crippen molar-refractivity contribution in [3.8, 4) is 0 Å². The molecule has 3 N–H and O–H groups in total. The molecular weight excluding hydrogens is 220 g/mol. The van der Waals surface area contributed by atoms with Crippen LogP contribution >= 0.6 is 11.8 Å². The molecule has 0 bridgehead atoms. The van der Waals surface area contributed by atoms with Crippen molar-refractivity contribution < 1.29 is 4.79 Å². The lowest BCUT2D eigenvalue weighted by Gasteiger charge is -2.12. The van der Waals surface area contributed by atoms with Crippen molar-refractivity contribution in [3.05, 3.63) is 29.8 Å². The molecule has 1 aromatic rings. The van der Waals surface area contributed by atoms with E-state index in [9.17, 15) is 4.79 Å². The lowest BCUT2D eigenvalue weighted by atomic mass is 10.1. The molecule has 1 atom stereocenters. The Labute approximate surface area is 101 Å². The SMILES string of the molecule is CSC[C@@H](C)NC(=O)Cc1cccc(N)c1. The largest absolute Gasteiger partial charge is 0.399 e. The van der Waals surface area contributed by atoms with Crippen molar-refractivity contribution in [2.75, 3.05) is 17.7 Å². The van der Waals surface area contributed by atoms with Crippen LogP contribution in [0.15, 0.2) is 24.3 Å². The standard InChI is InChI=1S/C12H18N2OS/c1-9(8-16-2)14-12(15)7-10-4-3-5-11(13)6-10/h3-6,9H,7-8,13H2,1-2H3,(H,14,15)/t9-/m1/s1. The zero-order chi connectivity index (χ0) is 12.0. The summed E-state index contributed by atoms with van der Waals surface area (Å²) < 4.78 is 0. The van der Waals surface area contributed by atoms with Crippen LogP contribution in [0.25, 0.3) is 0 Å². The van der Waals surface area contributed by atoms with E-state index in [1.165, 1.54) is 0 Å². The number of nitrogens with two attached hydrogens (primary N) is 1. The van der Waals surface area contributed by atoms with Gasteiger partial charge in [0.2, 0.25) is 5.91 Å². The van der Waals surface area contributed by atoms with Crippen molar-refractivity contribution >= 4 is 23.4 Å². The van der Waals surface area contributed by atoms with Crippen LogP contribution in [0, 0.1) is 0 Å². The van der Waals surface area contributed by atoms with Gasteiger partial charge in [0.05, 0.1) is 6.42 Å². The van der Waals surface area contributed by atoms with Crippen molar-refractivity contribution in [2.24, 2.45) is 0 Å². The summed E-state index contributed by atoms with van der Waals surface area (Å²) in [5.74, 6) is 0.981. The summed E-state index contributed by atoms with van der Waals surface area (Å²) in [5.41, 5.74) is 7.30. The second kappa shape index (κ2) is 6.43. The summed E-state index contributed by atoms with van der Waals surface area (Å²) in [5, 5.41) is 2.95. The Morgan fingerprint density at radius 1 is 1.56 bits per heavy atom. The van der Waals surface area contributed by atoms with Gasteiger partial charge in [-0.3, -0.25) is 4.79 Å². The Morgan fingerprint density at radius 3 is 2.94 bits per heavy atom. The van der Waals surface area contributed by atoms with Crippen molar-refractivity contribution in [1.82, 2.24) is 5.32 Å². The van der Waals surface area contributed by atoms with Crippen LogP contribution in [-0.4, -0.2) is 24.0 Å². The monoisotopic (exact) mass is 238 g/mol. The van der Waals surface area contributed by atoms with Crippen molar-refractivity contribution in [1.29, 1.82) is 0 Å². The highest BCUT2D eigenvalue weighted by Gasteiger charge is 2.07. The van der Waals surface area contributed by atoms with Gasteiger partial charge >= 0.3 is 0 Å². The van der Waals surface area contributed by atoms with Gasteiger partial charge in [-0.25, -0.2) is 0 Å². The first-order chi connectivity index (χ1) is 7.61. The van der Waals surface area contributed by atoms with E-state index in [2.05, 4.69) is 5.32 Å². The van der Waals surface area contributed by atoms with Gasteiger partial charge in [-0.05, 0) is 30.9 Å². The van der Waals surface area contributed by atoms with Gasteiger partial charge in [0.15, 0.2) is 0 Å². The van der Waals surface area contributed by atoms with E-state index in [1.54, 1.807) is 11.8 Å². The van der Waals surface area contributed by atoms with E-state index in [1.807, 2.05) is 37.4 Å². The minimum absolute atomic E-state index is 0.0483. The van der Waals surface area contributed by atoms with Gasteiger partial charge in [0, 0.05) is 17.5 Å². The molecule has 0 aromatic heterocycles. The first-order valence-corrected chi connectivity index (χ1v) is 6.64. The molecule has 0 spiro atoms. The molecule has 3 nitrogen and oxygen atoms in total. The first-order valence-electron chi connectivity index (χ1n) is 5.24. The molecule has 0 heterocycles. The summed E-state index contributed by atoms with van der Waals surface area (Å²) in [6.07, 6.45) is 2.42. The molecule has 0 fully saturated rings. The fourth-order valence-corrected chi connectivity index (χ4v) is 2.09. The maximum Gasteiger partial charge on any atom is 0.224 e. The number of thioether (sulfide) groups is 1. The van der Waals surface area contributed by atoms with E-state index in [4.69, 9.17) is 5.73 Å². The minimum atomic E-state index is 0.0483. The Balaban J connectivity index is 2.45. The molecule has 88 valence electrons. The van der Waals surface area contributed by atoms with Gasteiger partial charge in [-0.15, -0.1) is 0 Å². The smallest absolute Gasteiger partial charge is 0.224 e. The van der Waals surface area contributed by atoms with E-state index in [-0.39, 0.29) is 11.9 Å². The zero-order valence-corrected chi connectivity index (χ0v) is 10.5. The Bertz CT molecular complexity index is 355. The van der Waals surface area contributed by atoms with Crippen LogP contribution in [0.1, 0.15) is 12.5 Å². The maximum absolute atomic E-state index is 11.6. The second-order valence-electron chi connectivity index (χ2n) is 3.85. The van der Waals surface area contributed by atoms with E-state index in [0.29, 0.717) is 12.1 Å². The fourth-order valence-electron chi connectivity index (χ4n) is 1.51. The number of carbonyl (C=O) groups excluding carboxylic acids is 1. The predicted octanol–water partition coefficient (Wildman–Crippen LogP) is 1.68. The number of hydrogen-bond acceptors (Lipinski definition) is 3. The molecule has 16 heavy (non-hydrogen) atoms. The summed E-state index contributed by atoms with van der Waals surface area (Å²) in [4.78, 5) is 11.6. The maximum atomic E-state index is 11.6. The molecular formula is C12H18N2OS. The van der Waals surface area contributed by atoms with Gasteiger partial charge in [0.25, 0.3) is 0 Å². The number of nitrogen functional groups attached to an aromatic ring is 1. The number of rotatable bonds is 5. The fraction of sp³-hybridized carbons (Fsp3) is 0.417. The molecule has 0 aliphatic heterocycles. The molecule has 0 radical (unpaired) electrons. The van der Waals surface area contributed by atoms with Gasteiger partial charge in [0.1, 0.15) is 0 Å². The predicted molar refractivity (Wildman–Crippen MR) is 70.5 cm³/mol. The Morgan fingerprint density at radius 2 is 2.31 bits per heavy atom. The molecule has 0 aliphatic rings. The molecule has 0 saturated heterocycles. The number of hydrogen-bond donors (Lipinski definition) is 2. The Kier molecular flexibility index (Phi) is 5.19. The van der Waals surface area contributed by atoms with Crippen LogP contribution in [-0.2, 0) is 11.2 Å². The molecule has 0 unspecified atom stereocenters. The summed E-state index contributed by atoms with van der Waals surface area (Å²) in [6, 6.07) is 7.64. The third kappa shape index (κ3) is 4.57. The molecule has 0 saturated carbocycles.